The molecule has 1 aliphatic rings. The minimum absolute atomic E-state index is 0.0291. The van der Waals surface area contributed by atoms with Crippen LogP contribution in [0.2, 0.25) is 0 Å². The zero-order chi connectivity index (χ0) is 12.5. The van der Waals surface area contributed by atoms with E-state index in [1.807, 2.05) is 0 Å². The van der Waals surface area contributed by atoms with Gasteiger partial charge in [0.25, 0.3) is 0 Å². The Bertz CT molecular complexity index is 335. The van der Waals surface area contributed by atoms with Gasteiger partial charge in [0.15, 0.2) is 0 Å². The van der Waals surface area contributed by atoms with E-state index in [2.05, 4.69) is 0 Å². The molecular formula is C11H17NO4. The Morgan fingerprint density at radius 3 is 2.44 bits per heavy atom. The Balaban J connectivity index is 2.70. The molecule has 0 saturated carbocycles. The highest BCUT2D eigenvalue weighted by Crippen LogP contribution is 2.33. The standard InChI is InChI=1S/C11H17NO4/c1-7(4-5-9(14)15)12-8(13)6-11(2,3)10(12)16/h7H,4-6H2,1-3H3,(H,14,15). The zero-order valence-electron chi connectivity index (χ0n) is 9.82. The second kappa shape index (κ2) is 4.23. The maximum atomic E-state index is 11.9. The van der Waals surface area contributed by atoms with Crippen molar-refractivity contribution in [2.24, 2.45) is 5.41 Å². The quantitative estimate of drug-likeness (QED) is 0.728. The summed E-state index contributed by atoms with van der Waals surface area (Å²) in [5.74, 6) is -1.31. The smallest absolute Gasteiger partial charge is 0.303 e. The van der Waals surface area contributed by atoms with Crippen LogP contribution in [0.4, 0.5) is 0 Å². The second-order valence-electron chi connectivity index (χ2n) is 4.91. The lowest BCUT2D eigenvalue weighted by Crippen LogP contribution is -2.40. The lowest BCUT2D eigenvalue weighted by Gasteiger charge is -2.24. The third-order valence-corrected chi connectivity index (χ3v) is 2.88. The summed E-state index contributed by atoms with van der Waals surface area (Å²) in [5, 5.41) is 8.55. The number of carbonyl (C=O) groups excluding carboxylic acids is 2. The van der Waals surface area contributed by atoms with Gasteiger partial charge in [-0.1, -0.05) is 13.8 Å². The minimum atomic E-state index is -0.912. The highest BCUT2D eigenvalue weighted by Gasteiger charge is 2.46. The van der Waals surface area contributed by atoms with E-state index in [9.17, 15) is 14.4 Å². The summed E-state index contributed by atoms with van der Waals surface area (Å²) < 4.78 is 0. The lowest BCUT2D eigenvalue weighted by atomic mass is 9.92. The van der Waals surface area contributed by atoms with Crippen LogP contribution in [0.15, 0.2) is 0 Å². The van der Waals surface area contributed by atoms with Gasteiger partial charge in [-0.25, -0.2) is 0 Å². The molecule has 0 bridgehead atoms. The van der Waals surface area contributed by atoms with Crippen molar-refractivity contribution in [3.8, 4) is 0 Å². The molecule has 1 fully saturated rings. The number of nitrogens with zero attached hydrogens (tertiary/aromatic N) is 1. The summed E-state index contributed by atoms with van der Waals surface area (Å²) in [6.45, 7) is 5.18. The van der Waals surface area contributed by atoms with Gasteiger partial charge in [0, 0.05) is 18.9 Å². The van der Waals surface area contributed by atoms with E-state index in [1.54, 1.807) is 20.8 Å². The number of amides is 2. The van der Waals surface area contributed by atoms with Gasteiger partial charge in [0.05, 0.1) is 5.41 Å². The van der Waals surface area contributed by atoms with Gasteiger partial charge in [0.1, 0.15) is 0 Å². The predicted octanol–water partition coefficient (Wildman–Crippen LogP) is 1.02. The Morgan fingerprint density at radius 1 is 1.50 bits per heavy atom. The van der Waals surface area contributed by atoms with E-state index in [0.717, 1.165) is 0 Å². The molecule has 2 amide bonds. The van der Waals surface area contributed by atoms with Gasteiger partial charge in [0.2, 0.25) is 11.8 Å². The van der Waals surface area contributed by atoms with Crippen LogP contribution in [0.5, 0.6) is 0 Å². The summed E-state index contributed by atoms with van der Waals surface area (Å²) in [7, 11) is 0. The van der Waals surface area contributed by atoms with Crippen LogP contribution < -0.4 is 0 Å². The first-order valence-corrected chi connectivity index (χ1v) is 5.34. The highest BCUT2D eigenvalue weighted by atomic mass is 16.4. The number of hydrogen-bond acceptors (Lipinski definition) is 3. The number of rotatable bonds is 4. The van der Waals surface area contributed by atoms with Crippen LogP contribution in [0.25, 0.3) is 0 Å². The number of carboxylic acid groups (broad SMARTS) is 1. The average Bonchev–Trinajstić information content (AvgIpc) is 2.32. The lowest BCUT2D eigenvalue weighted by molar-refractivity contribution is -0.145. The number of imide groups is 1. The molecule has 0 aromatic rings. The Labute approximate surface area is 94.4 Å². The molecule has 1 atom stereocenters. The van der Waals surface area contributed by atoms with E-state index >= 15 is 0 Å². The van der Waals surface area contributed by atoms with Gasteiger partial charge in [-0.3, -0.25) is 19.3 Å². The minimum Gasteiger partial charge on any atom is -0.481 e. The fraction of sp³-hybridized carbons (Fsp3) is 0.727. The molecule has 16 heavy (non-hydrogen) atoms. The predicted molar refractivity (Wildman–Crippen MR) is 56.6 cm³/mol. The summed E-state index contributed by atoms with van der Waals surface area (Å²) in [6, 6.07) is -0.335. The molecule has 5 nitrogen and oxygen atoms in total. The first-order valence-electron chi connectivity index (χ1n) is 5.34. The molecule has 0 aromatic heterocycles. The summed E-state index contributed by atoms with van der Waals surface area (Å²) in [6.07, 6.45) is 0.491. The third-order valence-electron chi connectivity index (χ3n) is 2.88. The van der Waals surface area contributed by atoms with Crippen molar-refractivity contribution < 1.29 is 19.5 Å². The van der Waals surface area contributed by atoms with Gasteiger partial charge in [-0.2, -0.15) is 0 Å². The molecule has 1 saturated heterocycles. The van der Waals surface area contributed by atoms with Gasteiger partial charge in [-0.15, -0.1) is 0 Å². The van der Waals surface area contributed by atoms with Crippen LogP contribution in [-0.2, 0) is 14.4 Å². The Hall–Kier alpha value is -1.39. The Morgan fingerprint density at radius 2 is 2.06 bits per heavy atom. The number of hydrogen-bond donors (Lipinski definition) is 1. The molecule has 90 valence electrons. The van der Waals surface area contributed by atoms with Crippen molar-refractivity contribution in [2.75, 3.05) is 0 Å². The SMILES string of the molecule is CC(CCC(=O)O)N1C(=O)CC(C)(C)C1=O. The average molecular weight is 227 g/mol. The molecule has 1 rings (SSSR count). The van der Waals surface area contributed by atoms with Crippen molar-refractivity contribution in [1.82, 2.24) is 4.90 Å². The maximum Gasteiger partial charge on any atom is 0.303 e. The third kappa shape index (κ3) is 2.40. The van der Waals surface area contributed by atoms with Crippen LogP contribution in [0.3, 0.4) is 0 Å². The van der Waals surface area contributed by atoms with Crippen molar-refractivity contribution in [3.05, 3.63) is 0 Å². The number of aliphatic carboxylic acids is 1. The summed E-state index contributed by atoms with van der Waals surface area (Å²) >= 11 is 0. The van der Waals surface area contributed by atoms with Crippen molar-refractivity contribution >= 4 is 17.8 Å². The van der Waals surface area contributed by atoms with Gasteiger partial charge < -0.3 is 5.11 Å². The second-order valence-corrected chi connectivity index (χ2v) is 4.91. The first kappa shape index (κ1) is 12.7. The molecule has 1 N–H and O–H groups in total. The molecule has 5 heteroatoms. The van der Waals surface area contributed by atoms with E-state index in [-0.39, 0.29) is 30.7 Å². The van der Waals surface area contributed by atoms with E-state index in [1.165, 1.54) is 4.90 Å². The van der Waals surface area contributed by atoms with Gasteiger partial charge in [-0.05, 0) is 13.3 Å². The maximum absolute atomic E-state index is 11.9. The van der Waals surface area contributed by atoms with Crippen LogP contribution in [0.1, 0.15) is 40.0 Å². The zero-order valence-corrected chi connectivity index (χ0v) is 9.82. The largest absolute Gasteiger partial charge is 0.481 e. The first-order chi connectivity index (χ1) is 7.25. The van der Waals surface area contributed by atoms with Gasteiger partial charge >= 0.3 is 5.97 Å². The summed E-state index contributed by atoms with van der Waals surface area (Å²) in [5.41, 5.74) is -0.644. The molecular weight excluding hydrogens is 210 g/mol. The highest BCUT2D eigenvalue weighted by molar-refractivity contribution is 6.05. The topological polar surface area (TPSA) is 74.7 Å². The van der Waals surface area contributed by atoms with E-state index < -0.39 is 11.4 Å². The van der Waals surface area contributed by atoms with Crippen molar-refractivity contribution in [1.29, 1.82) is 0 Å². The molecule has 1 aliphatic heterocycles. The molecule has 0 spiro atoms. The fourth-order valence-electron chi connectivity index (χ4n) is 1.89. The van der Waals surface area contributed by atoms with Crippen molar-refractivity contribution in [3.63, 3.8) is 0 Å². The molecule has 0 aromatic carbocycles. The van der Waals surface area contributed by atoms with Crippen LogP contribution >= 0.6 is 0 Å². The molecule has 1 unspecified atom stereocenters. The van der Waals surface area contributed by atoms with E-state index in [4.69, 9.17) is 5.11 Å². The normalized spacial score (nSPS) is 21.3. The number of carbonyl (C=O) groups is 3. The number of likely N-dealkylation sites (tertiary alicyclic amines) is 1. The molecule has 0 radical (unpaired) electrons. The van der Waals surface area contributed by atoms with Crippen LogP contribution in [-0.4, -0.2) is 33.8 Å². The monoisotopic (exact) mass is 227 g/mol. The fourth-order valence-corrected chi connectivity index (χ4v) is 1.89. The summed E-state index contributed by atoms with van der Waals surface area (Å²) in [4.78, 5) is 35.2. The molecule has 1 heterocycles. The van der Waals surface area contributed by atoms with E-state index in [0.29, 0.717) is 6.42 Å². The van der Waals surface area contributed by atoms with Crippen LogP contribution in [0, 0.1) is 5.41 Å². The Kier molecular flexibility index (Phi) is 3.35. The molecule has 0 aliphatic carbocycles. The number of carboxylic acids is 1. The van der Waals surface area contributed by atoms with Crippen molar-refractivity contribution in [2.45, 2.75) is 46.1 Å².